The van der Waals surface area contributed by atoms with Crippen LogP contribution in [0.3, 0.4) is 0 Å². The number of hydrogen-bond donors (Lipinski definition) is 1. The van der Waals surface area contributed by atoms with Crippen molar-refractivity contribution in [3.63, 3.8) is 0 Å². The number of aromatic nitrogens is 2. The van der Waals surface area contributed by atoms with Crippen molar-refractivity contribution in [1.29, 1.82) is 0 Å². The lowest BCUT2D eigenvalue weighted by Gasteiger charge is -2.01. The average Bonchev–Trinajstić information content (AvgIpc) is 2.38. The van der Waals surface area contributed by atoms with E-state index in [0.717, 1.165) is 16.5 Å². The zero-order chi connectivity index (χ0) is 11.2. The van der Waals surface area contributed by atoms with Crippen LogP contribution >= 0.6 is 11.8 Å². The van der Waals surface area contributed by atoms with Crippen molar-refractivity contribution in [3.05, 3.63) is 54.0 Å². The molecule has 0 bridgehead atoms. The molecule has 2 aromatic rings. The summed E-state index contributed by atoms with van der Waals surface area (Å²) in [5, 5.41) is 0.932. The topological polar surface area (TPSA) is 51.8 Å². The van der Waals surface area contributed by atoms with Gasteiger partial charge in [0.1, 0.15) is 5.03 Å². The van der Waals surface area contributed by atoms with Crippen molar-refractivity contribution < 1.29 is 0 Å². The van der Waals surface area contributed by atoms with Crippen molar-refractivity contribution >= 4 is 11.8 Å². The number of nitrogens with zero attached hydrogens (tertiary/aromatic N) is 2. The van der Waals surface area contributed by atoms with Gasteiger partial charge in [-0.1, -0.05) is 30.3 Å². The fraction of sp³-hybridized carbons (Fsp3) is 0.167. The summed E-state index contributed by atoms with van der Waals surface area (Å²) in [4.78, 5) is 8.49. The van der Waals surface area contributed by atoms with E-state index in [1.807, 2.05) is 18.2 Å². The predicted molar refractivity (Wildman–Crippen MR) is 65.9 cm³/mol. The van der Waals surface area contributed by atoms with Gasteiger partial charge in [0.15, 0.2) is 0 Å². The first kappa shape index (κ1) is 11.1. The second-order valence-corrected chi connectivity index (χ2v) is 4.32. The Bertz CT molecular complexity index is 428. The lowest BCUT2D eigenvalue weighted by molar-refractivity contribution is 0.923. The number of rotatable bonds is 4. The maximum absolute atomic E-state index is 5.46. The van der Waals surface area contributed by atoms with Crippen LogP contribution in [0.4, 0.5) is 0 Å². The molecule has 0 fully saturated rings. The smallest absolute Gasteiger partial charge is 0.115 e. The zero-order valence-electron chi connectivity index (χ0n) is 8.84. The monoisotopic (exact) mass is 231 g/mol. The first-order chi connectivity index (χ1) is 7.88. The molecule has 0 unspecified atom stereocenters. The summed E-state index contributed by atoms with van der Waals surface area (Å²) in [6.07, 6.45) is 3.50. The SMILES string of the molecule is NCc1cnc(SCc2ccccc2)cn1. The molecule has 0 atom stereocenters. The van der Waals surface area contributed by atoms with Crippen molar-refractivity contribution in [1.82, 2.24) is 9.97 Å². The molecule has 82 valence electrons. The van der Waals surface area contributed by atoms with E-state index >= 15 is 0 Å². The zero-order valence-corrected chi connectivity index (χ0v) is 9.65. The Morgan fingerprint density at radius 3 is 2.50 bits per heavy atom. The Balaban J connectivity index is 1.94. The molecule has 0 saturated heterocycles. The summed E-state index contributed by atoms with van der Waals surface area (Å²) in [6.45, 7) is 0.441. The van der Waals surface area contributed by atoms with E-state index in [1.54, 1.807) is 24.2 Å². The van der Waals surface area contributed by atoms with Crippen LogP contribution < -0.4 is 5.73 Å². The summed E-state index contributed by atoms with van der Waals surface area (Å²) in [5.41, 5.74) is 7.57. The highest BCUT2D eigenvalue weighted by atomic mass is 32.2. The summed E-state index contributed by atoms with van der Waals surface area (Å²) in [7, 11) is 0. The van der Waals surface area contributed by atoms with Crippen molar-refractivity contribution in [2.45, 2.75) is 17.3 Å². The molecule has 0 radical (unpaired) electrons. The number of benzene rings is 1. The second kappa shape index (κ2) is 5.63. The second-order valence-electron chi connectivity index (χ2n) is 3.32. The molecule has 3 nitrogen and oxygen atoms in total. The summed E-state index contributed by atoms with van der Waals surface area (Å²) in [6, 6.07) is 10.3. The Kier molecular flexibility index (Phi) is 3.91. The van der Waals surface area contributed by atoms with Crippen molar-refractivity contribution in [2.24, 2.45) is 5.73 Å². The number of hydrogen-bond acceptors (Lipinski definition) is 4. The molecule has 0 saturated carbocycles. The first-order valence-electron chi connectivity index (χ1n) is 5.06. The highest BCUT2D eigenvalue weighted by Gasteiger charge is 1.98. The van der Waals surface area contributed by atoms with Crippen LogP contribution in [0, 0.1) is 0 Å². The van der Waals surface area contributed by atoms with E-state index in [-0.39, 0.29) is 0 Å². The molecule has 0 aliphatic rings. The molecule has 1 aromatic carbocycles. The molecule has 0 amide bonds. The Morgan fingerprint density at radius 1 is 1.06 bits per heavy atom. The fourth-order valence-electron chi connectivity index (χ4n) is 1.25. The van der Waals surface area contributed by atoms with Crippen LogP contribution in [0.2, 0.25) is 0 Å². The molecule has 0 aliphatic carbocycles. The van der Waals surface area contributed by atoms with Gasteiger partial charge in [-0.25, -0.2) is 4.98 Å². The van der Waals surface area contributed by atoms with Gasteiger partial charge in [-0.3, -0.25) is 4.98 Å². The normalized spacial score (nSPS) is 10.3. The lowest BCUT2D eigenvalue weighted by atomic mass is 10.2. The third-order valence-electron chi connectivity index (χ3n) is 2.12. The number of nitrogens with two attached hydrogens (primary N) is 1. The third-order valence-corrected chi connectivity index (χ3v) is 3.10. The minimum absolute atomic E-state index is 0.441. The van der Waals surface area contributed by atoms with Crippen molar-refractivity contribution in [2.75, 3.05) is 0 Å². The van der Waals surface area contributed by atoms with Gasteiger partial charge in [0, 0.05) is 12.3 Å². The first-order valence-corrected chi connectivity index (χ1v) is 6.05. The van der Waals surface area contributed by atoms with E-state index in [1.165, 1.54) is 5.56 Å². The van der Waals surface area contributed by atoms with Crippen LogP contribution in [-0.2, 0) is 12.3 Å². The molecule has 1 aromatic heterocycles. The van der Waals surface area contributed by atoms with Crippen LogP contribution in [0.1, 0.15) is 11.3 Å². The summed E-state index contributed by atoms with van der Waals surface area (Å²) < 4.78 is 0. The van der Waals surface area contributed by atoms with Crippen LogP contribution in [0.15, 0.2) is 47.8 Å². The molecule has 2 rings (SSSR count). The molecule has 2 N–H and O–H groups in total. The van der Waals surface area contributed by atoms with Gasteiger partial charge in [0.05, 0.1) is 18.1 Å². The predicted octanol–water partition coefficient (Wildman–Crippen LogP) is 2.23. The molecule has 1 heterocycles. The van der Waals surface area contributed by atoms with Crippen LogP contribution in [0.25, 0.3) is 0 Å². The van der Waals surface area contributed by atoms with Gasteiger partial charge in [-0.05, 0) is 5.56 Å². The maximum Gasteiger partial charge on any atom is 0.115 e. The maximum atomic E-state index is 5.46. The summed E-state index contributed by atoms with van der Waals surface area (Å²) >= 11 is 1.68. The van der Waals surface area contributed by atoms with Gasteiger partial charge < -0.3 is 5.73 Å². The molecule has 0 spiro atoms. The summed E-state index contributed by atoms with van der Waals surface area (Å²) in [5.74, 6) is 0.914. The van der Waals surface area contributed by atoms with Gasteiger partial charge in [-0.15, -0.1) is 11.8 Å². The highest BCUT2D eigenvalue weighted by molar-refractivity contribution is 7.98. The quantitative estimate of drug-likeness (QED) is 0.820. The van der Waals surface area contributed by atoms with E-state index in [9.17, 15) is 0 Å². The largest absolute Gasteiger partial charge is 0.325 e. The van der Waals surface area contributed by atoms with Gasteiger partial charge >= 0.3 is 0 Å². The standard InChI is InChI=1S/C12H13N3S/c13-6-11-7-15-12(8-14-11)16-9-10-4-2-1-3-5-10/h1-5,7-8H,6,9,13H2. The van der Waals surface area contributed by atoms with Crippen LogP contribution in [-0.4, -0.2) is 9.97 Å². The Labute approximate surface area is 99.1 Å². The van der Waals surface area contributed by atoms with Gasteiger partial charge in [0.2, 0.25) is 0 Å². The molecule has 4 heteroatoms. The molecule has 16 heavy (non-hydrogen) atoms. The average molecular weight is 231 g/mol. The Morgan fingerprint density at radius 2 is 1.88 bits per heavy atom. The third kappa shape index (κ3) is 3.05. The molecule has 0 aliphatic heterocycles. The Hall–Kier alpha value is -1.39. The minimum Gasteiger partial charge on any atom is -0.325 e. The molecular formula is C12H13N3S. The van der Waals surface area contributed by atoms with Gasteiger partial charge in [0.25, 0.3) is 0 Å². The molecular weight excluding hydrogens is 218 g/mol. The van der Waals surface area contributed by atoms with E-state index in [0.29, 0.717) is 6.54 Å². The number of thioether (sulfide) groups is 1. The van der Waals surface area contributed by atoms with Crippen molar-refractivity contribution in [3.8, 4) is 0 Å². The fourth-order valence-corrected chi connectivity index (χ4v) is 2.02. The van der Waals surface area contributed by atoms with E-state index in [4.69, 9.17) is 5.73 Å². The van der Waals surface area contributed by atoms with E-state index < -0.39 is 0 Å². The lowest BCUT2D eigenvalue weighted by Crippen LogP contribution is -2.00. The van der Waals surface area contributed by atoms with Crippen LogP contribution in [0.5, 0.6) is 0 Å². The van der Waals surface area contributed by atoms with Gasteiger partial charge in [-0.2, -0.15) is 0 Å². The van der Waals surface area contributed by atoms with E-state index in [2.05, 4.69) is 22.1 Å². The highest BCUT2D eigenvalue weighted by Crippen LogP contribution is 2.19. The minimum atomic E-state index is 0.441.